The molecule has 0 amide bonds. The molecule has 1 saturated heterocycles. The van der Waals surface area contributed by atoms with E-state index in [-0.39, 0.29) is 53.4 Å². The molecule has 10 nitrogen and oxygen atoms in total. The van der Waals surface area contributed by atoms with Gasteiger partial charge in [-0.05, 0) is 74.0 Å². The van der Waals surface area contributed by atoms with Crippen molar-refractivity contribution in [2.75, 3.05) is 20.2 Å². The summed E-state index contributed by atoms with van der Waals surface area (Å²) in [5, 5.41) is 4.88. The number of benzene rings is 1. The van der Waals surface area contributed by atoms with E-state index in [1.807, 2.05) is 0 Å². The average molecular weight is 716 g/mol. The van der Waals surface area contributed by atoms with Gasteiger partial charge >= 0.3 is 11.9 Å². The van der Waals surface area contributed by atoms with Crippen LogP contribution in [0.4, 0.5) is 8.78 Å². The molecule has 2 aliphatic heterocycles. The summed E-state index contributed by atoms with van der Waals surface area (Å²) in [5.74, 6) is -3.64. The van der Waals surface area contributed by atoms with Gasteiger partial charge in [0, 0.05) is 36.3 Å². The first-order chi connectivity index (χ1) is 20.7. The average Bonchev–Trinajstić information content (AvgIpc) is 3.48. The number of rotatable bonds is 7. The van der Waals surface area contributed by atoms with Crippen molar-refractivity contribution in [2.24, 2.45) is 16.8 Å². The standard InChI is InChI=1S/C29H33BrF2N4O6S2/c1-29(2,3)42-27(37)16-13-17(14-16)44(39,40)36-10-7-15(8-11-36)23-20(28(38)41-4)24(18-5-6-19(31)22(32)21(18)30)35-25(34-23)26-33-9-12-43-26/h5-6,9,12,15-17,24H,7-8,10-11,13-14H2,1-4H3,(H,34,35). The number of halogens is 3. The molecule has 0 bridgehead atoms. The molecule has 1 unspecified atom stereocenters. The highest BCUT2D eigenvalue weighted by Gasteiger charge is 2.47. The van der Waals surface area contributed by atoms with Gasteiger partial charge in [0.1, 0.15) is 11.6 Å². The van der Waals surface area contributed by atoms with E-state index in [1.54, 1.807) is 32.3 Å². The van der Waals surface area contributed by atoms with E-state index in [4.69, 9.17) is 14.5 Å². The van der Waals surface area contributed by atoms with E-state index in [1.165, 1.54) is 28.8 Å². The number of amidine groups is 1. The van der Waals surface area contributed by atoms with Crippen LogP contribution in [0.3, 0.4) is 0 Å². The molecule has 1 aromatic carbocycles. The number of nitrogens with zero attached hydrogens (tertiary/aromatic N) is 3. The van der Waals surface area contributed by atoms with Gasteiger partial charge in [0.2, 0.25) is 10.0 Å². The van der Waals surface area contributed by atoms with Crippen LogP contribution in [-0.2, 0) is 29.1 Å². The van der Waals surface area contributed by atoms with Crippen LogP contribution in [0.25, 0.3) is 0 Å². The Labute approximate surface area is 267 Å². The van der Waals surface area contributed by atoms with E-state index in [0.29, 0.717) is 29.4 Å². The normalized spacial score (nSPS) is 23.4. The quantitative estimate of drug-likeness (QED) is 0.318. The van der Waals surface area contributed by atoms with E-state index >= 15 is 0 Å². The second kappa shape index (κ2) is 12.6. The van der Waals surface area contributed by atoms with Crippen LogP contribution < -0.4 is 5.32 Å². The number of nitrogens with one attached hydrogen (secondary N) is 1. The van der Waals surface area contributed by atoms with Gasteiger partial charge in [0.25, 0.3) is 0 Å². The first-order valence-electron chi connectivity index (χ1n) is 14.1. The molecular formula is C29H33BrF2N4O6S2. The fourth-order valence-electron chi connectivity index (χ4n) is 5.64. The Morgan fingerprint density at radius 3 is 2.43 bits per heavy atom. The summed E-state index contributed by atoms with van der Waals surface area (Å²) in [6, 6.07) is 1.28. The lowest BCUT2D eigenvalue weighted by Gasteiger charge is -2.40. The molecule has 15 heteroatoms. The molecule has 1 aromatic heterocycles. The number of aliphatic imine (C=N–C) groups is 1. The Kier molecular flexibility index (Phi) is 9.32. The number of allylic oxidation sites excluding steroid dienone is 1. The Morgan fingerprint density at radius 2 is 1.84 bits per heavy atom. The number of hydrogen-bond donors (Lipinski definition) is 1. The number of carbonyl (C=O) groups is 2. The van der Waals surface area contributed by atoms with Crippen molar-refractivity contribution >= 4 is 55.1 Å². The summed E-state index contributed by atoms with van der Waals surface area (Å²) in [6.07, 6.45) is 2.79. The van der Waals surface area contributed by atoms with E-state index < -0.39 is 50.4 Å². The zero-order valence-corrected chi connectivity index (χ0v) is 27.8. The number of aromatic nitrogens is 1. The van der Waals surface area contributed by atoms with Crippen LogP contribution in [0.2, 0.25) is 0 Å². The lowest BCUT2D eigenvalue weighted by atomic mass is 9.85. The van der Waals surface area contributed by atoms with Crippen molar-refractivity contribution in [3.63, 3.8) is 0 Å². The van der Waals surface area contributed by atoms with E-state index in [0.717, 1.165) is 6.07 Å². The van der Waals surface area contributed by atoms with Crippen molar-refractivity contribution in [1.82, 2.24) is 14.6 Å². The Morgan fingerprint density at radius 1 is 1.16 bits per heavy atom. The maximum absolute atomic E-state index is 14.7. The molecule has 1 N–H and O–H groups in total. The predicted octanol–water partition coefficient (Wildman–Crippen LogP) is 4.86. The molecule has 238 valence electrons. The third-order valence-corrected chi connectivity index (χ3v) is 11.9. The topological polar surface area (TPSA) is 127 Å². The number of esters is 2. The van der Waals surface area contributed by atoms with Gasteiger partial charge in [0.15, 0.2) is 22.5 Å². The monoisotopic (exact) mass is 714 g/mol. The zero-order valence-electron chi connectivity index (χ0n) is 24.6. The molecule has 0 spiro atoms. The Hall–Kier alpha value is -2.75. The van der Waals surface area contributed by atoms with Gasteiger partial charge in [-0.25, -0.2) is 31.3 Å². The van der Waals surface area contributed by atoms with Crippen LogP contribution in [-0.4, -0.2) is 66.5 Å². The van der Waals surface area contributed by atoms with Crippen molar-refractivity contribution in [1.29, 1.82) is 0 Å². The second-order valence-corrected chi connectivity index (χ2v) is 15.9. The highest BCUT2D eigenvalue weighted by Crippen LogP contribution is 2.42. The third-order valence-electron chi connectivity index (χ3n) is 7.95. The molecule has 5 rings (SSSR count). The van der Waals surface area contributed by atoms with Crippen LogP contribution >= 0.6 is 27.3 Å². The first-order valence-corrected chi connectivity index (χ1v) is 17.3. The van der Waals surface area contributed by atoms with Crippen molar-refractivity contribution in [3.8, 4) is 0 Å². The van der Waals surface area contributed by atoms with Crippen LogP contribution in [0.5, 0.6) is 0 Å². The molecule has 1 atom stereocenters. The number of thiazole rings is 1. The summed E-state index contributed by atoms with van der Waals surface area (Å²) in [6.45, 7) is 5.71. The minimum absolute atomic E-state index is 0.125. The van der Waals surface area contributed by atoms with Gasteiger partial charge in [-0.1, -0.05) is 6.07 Å². The summed E-state index contributed by atoms with van der Waals surface area (Å²) >= 11 is 4.45. The molecule has 2 aromatic rings. The predicted molar refractivity (Wildman–Crippen MR) is 163 cm³/mol. The molecule has 1 saturated carbocycles. The van der Waals surface area contributed by atoms with Gasteiger partial charge in [-0.3, -0.25) is 9.79 Å². The van der Waals surface area contributed by atoms with Crippen molar-refractivity contribution in [2.45, 2.75) is 63.3 Å². The molecule has 1 aliphatic carbocycles. The SMILES string of the molecule is COC(=O)C1=C(C2CCN(S(=O)(=O)C3CC(C(=O)OC(C)(C)C)C3)CC2)NC(c2nccs2)=NC1c1ccc(F)c(F)c1Br. The molecular weight excluding hydrogens is 682 g/mol. The number of sulfonamides is 1. The highest BCUT2D eigenvalue weighted by molar-refractivity contribution is 9.10. The number of carbonyl (C=O) groups excluding carboxylic acids is 2. The van der Waals surface area contributed by atoms with Crippen LogP contribution in [0.15, 0.2) is 44.4 Å². The Bertz CT molecular complexity index is 1610. The van der Waals surface area contributed by atoms with Crippen molar-refractivity contribution < 1.29 is 36.3 Å². The smallest absolute Gasteiger partial charge is 0.338 e. The zero-order chi connectivity index (χ0) is 32.0. The summed E-state index contributed by atoms with van der Waals surface area (Å²) in [7, 11) is -2.43. The minimum Gasteiger partial charge on any atom is -0.466 e. The van der Waals surface area contributed by atoms with Gasteiger partial charge < -0.3 is 14.8 Å². The number of piperidine rings is 1. The fourth-order valence-corrected chi connectivity index (χ4v) is 8.86. The Balaban J connectivity index is 1.39. The van der Waals surface area contributed by atoms with E-state index in [2.05, 4.69) is 26.2 Å². The highest BCUT2D eigenvalue weighted by atomic mass is 79.9. The second-order valence-electron chi connectivity index (χ2n) is 12.0. The summed E-state index contributed by atoms with van der Waals surface area (Å²) in [4.78, 5) is 34.7. The van der Waals surface area contributed by atoms with Crippen molar-refractivity contribution in [3.05, 3.63) is 61.7 Å². The first kappa shape index (κ1) is 32.6. The fraction of sp³-hybridized carbons (Fsp3) is 0.517. The summed E-state index contributed by atoms with van der Waals surface area (Å²) in [5.41, 5.74) is 0.184. The molecule has 2 fully saturated rings. The number of methoxy groups -OCH3 is 1. The minimum atomic E-state index is -3.66. The molecule has 3 heterocycles. The van der Waals surface area contributed by atoms with Crippen LogP contribution in [0.1, 0.15) is 63.1 Å². The van der Waals surface area contributed by atoms with Gasteiger partial charge in [0.05, 0.1) is 28.3 Å². The molecule has 3 aliphatic rings. The summed E-state index contributed by atoms with van der Waals surface area (Å²) < 4.78 is 67.4. The number of hydrogen-bond acceptors (Lipinski definition) is 10. The van der Waals surface area contributed by atoms with Crippen LogP contribution in [0, 0.1) is 23.5 Å². The largest absolute Gasteiger partial charge is 0.466 e. The van der Waals surface area contributed by atoms with Gasteiger partial charge in [-0.15, -0.1) is 11.3 Å². The maximum atomic E-state index is 14.7. The number of ether oxygens (including phenoxy) is 2. The van der Waals surface area contributed by atoms with Gasteiger partial charge in [-0.2, -0.15) is 0 Å². The molecule has 44 heavy (non-hydrogen) atoms. The molecule has 0 radical (unpaired) electrons. The lowest BCUT2D eigenvalue weighted by molar-refractivity contribution is -0.162. The maximum Gasteiger partial charge on any atom is 0.338 e. The van der Waals surface area contributed by atoms with E-state index in [9.17, 15) is 26.8 Å². The lowest BCUT2D eigenvalue weighted by Crippen LogP contribution is -2.50. The third kappa shape index (κ3) is 6.46.